The van der Waals surface area contributed by atoms with Gasteiger partial charge in [-0.3, -0.25) is 14.9 Å². The third kappa shape index (κ3) is 4.87. The maximum atomic E-state index is 12.5. The van der Waals surface area contributed by atoms with E-state index in [4.69, 9.17) is 4.74 Å². The lowest BCUT2D eigenvalue weighted by Gasteiger charge is -2.38. The van der Waals surface area contributed by atoms with Crippen LogP contribution >= 0.6 is 0 Å². The van der Waals surface area contributed by atoms with Crippen LogP contribution in [0.1, 0.15) is 52.8 Å². The van der Waals surface area contributed by atoms with Gasteiger partial charge in [0.1, 0.15) is 5.54 Å². The molecule has 1 aromatic carbocycles. The van der Waals surface area contributed by atoms with Gasteiger partial charge in [-0.15, -0.1) is 0 Å². The average Bonchev–Trinajstić information content (AvgIpc) is 2.75. The summed E-state index contributed by atoms with van der Waals surface area (Å²) in [5.41, 5.74) is -1.87. The topological polar surface area (TPSA) is 140 Å². The Morgan fingerprint density at radius 2 is 1.76 bits per heavy atom. The Hall–Kier alpha value is -3.48. The normalized spacial score (nSPS) is 14.9. The molecule has 29 heavy (non-hydrogen) atoms. The lowest BCUT2D eigenvalue weighted by Crippen LogP contribution is -2.51. The molecule has 0 spiro atoms. The molecule has 10 nitrogen and oxygen atoms in total. The fraction of sp³-hybridized carbons (Fsp3) is 0.474. The van der Waals surface area contributed by atoms with E-state index in [-0.39, 0.29) is 11.1 Å². The van der Waals surface area contributed by atoms with Crippen LogP contribution in [0.2, 0.25) is 0 Å². The van der Waals surface area contributed by atoms with Gasteiger partial charge in [-0.05, 0) is 18.9 Å². The number of carbonyl (C=O) groups is 3. The highest BCUT2D eigenvalue weighted by Gasteiger charge is 2.39. The molecule has 1 amide bonds. The summed E-state index contributed by atoms with van der Waals surface area (Å²) in [7, 11) is 2.59. The van der Waals surface area contributed by atoms with E-state index in [1.165, 1.54) is 11.9 Å². The fourth-order valence-electron chi connectivity index (χ4n) is 3.28. The Labute approximate surface area is 167 Å². The fourth-order valence-corrected chi connectivity index (χ4v) is 3.28. The van der Waals surface area contributed by atoms with Gasteiger partial charge in [0.05, 0.1) is 29.2 Å². The van der Waals surface area contributed by atoms with Crippen molar-refractivity contribution in [2.24, 2.45) is 0 Å². The lowest BCUT2D eigenvalue weighted by molar-refractivity contribution is -0.384. The summed E-state index contributed by atoms with van der Waals surface area (Å²) >= 11 is 0. The summed E-state index contributed by atoms with van der Waals surface area (Å²) in [5, 5.41) is 20.6. The number of hydrogen-bond acceptors (Lipinski definition) is 8. The van der Waals surface area contributed by atoms with Crippen LogP contribution < -0.4 is 0 Å². The molecule has 1 fully saturated rings. The van der Waals surface area contributed by atoms with E-state index >= 15 is 0 Å². The van der Waals surface area contributed by atoms with Crippen molar-refractivity contribution in [1.82, 2.24) is 4.90 Å². The van der Waals surface area contributed by atoms with Crippen LogP contribution in [-0.2, 0) is 14.3 Å². The predicted octanol–water partition coefficient (Wildman–Crippen LogP) is 2.22. The number of esters is 2. The molecule has 0 heterocycles. The van der Waals surface area contributed by atoms with Crippen molar-refractivity contribution in [3.8, 4) is 6.07 Å². The number of non-ortho nitro benzene ring substituents is 1. The summed E-state index contributed by atoms with van der Waals surface area (Å²) in [6, 6.07) is 5.21. The Morgan fingerprint density at radius 1 is 1.17 bits per heavy atom. The molecule has 0 radical (unpaired) electrons. The minimum Gasteiger partial charge on any atom is -0.465 e. The highest BCUT2D eigenvalue weighted by atomic mass is 16.6. The molecule has 0 bridgehead atoms. The van der Waals surface area contributed by atoms with Gasteiger partial charge in [-0.2, -0.15) is 5.26 Å². The molecule has 1 aromatic rings. The zero-order valence-electron chi connectivity index (χ0n) is 16.2. The van der Waals surface area contributed by atoms with E-state index < -0.39 is 40.6 Å². The maximum absolute atomic E-state index is 12.5. The van der Waals surface area contributed by atoms with Crippen molar-refractivity contribution < 1.29 is 28.8 Å². The summed E-state index contributed by atoms with van der Waals surface area (Å²) in [4.78, 5) is 48.0. The average molecular weight is 403 g/mol. The SMILES string of the molecule is COC(=O)c1cc(C(=O)OCC(=O)N(C)C2(C#N)CCCCC2)cc([N+](=O)[O-])c1. The van der Waals surface area contributed by atoms with Crippen LogP contribution in [0.5, 0.6) is 0 Å². The zero-order valence-corrected chi connectivity index (χ0v) is 16.2. The highest BCUT2D eigenvalue weighted by molar-refractivity contribution is 5.97. The van der Waals surface area contributed by atoms with E-state index in [1.54, 1.807) is 0 Å². The molecule has 2 rings (SSSR count). The van der Waals surface area contributed by atoms with Crippen molar-refractivity contribution in [2.75, 3.05) is 20.8 Å². The smallest absolute Gasteiger partial charge is 0.338 e. The molecule has 1 saturated carbocycles. The first-order valence-corrected chi connectivity index (χ1v) is 8.97. The van der Waals surface area contributed by atoms with Crippen LogP contribution in [0.3, 0.4) is 0 Å². The highest BCUT2D eigenvalue weighted by Crippen LogP contribution is 2.32. The summed E-state index contributed by atoms with van der Waals surface area (Å²) < 4.78 is 9.50. The molecule has 1 aliphatic carbocycles. The zero-order chi connectivity index (χ0) is 21.6. The Bertz CT molecular complexity index is 869. The van der Waals surface area contributed by atoms with E-state index in [9.17, 15) is 29.8 Å². The molecule has 10 heteroatoms. The van der Waals surface area contributed by atoms with Crippen molar-refractivity contribution in [1.29, 1.82) is 5.26 Å². The number of nitro groups is 1. The minimum atomic E-state index is -1.00. The summed E-state index contributed by atoms with van der Waals surface area (Å²) in [5.74, 6) is -2.41. The first-order chi connectivity index (χ1) is 13.7. The number of hydrogen-bond donors (Lipinski definition) is 0. The molecule has 0 unspecified atom stereocenters. The van der Waals surface area contributed by atoms with Crippen LogP contribution in [0, 0.1) is 21.4 Å². The third-order valence-electron chi connectivity index (χ3n) is 5.02. The first-order valence-electron chi connectivity index (χ1n) is 8.97. The van der Waals surface area contributed by atoms with Gasteiger partial charge in [0.2, 0.25) is 0 Å². The van der Waals surface area contributed by atoms with Crippen molar-refractivity contribution in [3.63, 3.8) is 0 Å². The lowest BCUT2D eigenvalue weighted by atomic mass is 9.81. The summed E-state index contributed by atoms with van der Waals surface area (Å²) in [6.07, 6.45) is 3.75. The van der Waals surface area contributed by atoms with Gasteiger partial charge in [0, 0.05) is 19.2 Å². The number of likely N-dealkylation sites (N-methyl/N-ethyl adjacent to an activating group) is 1. The number of nitriles is 1. The predicted molar refractivity (Wildman–Crippen MR) is 98.9 cm³/mol. The molecule has 1 aliphatic rings. The van der Waals surface area contributed by atoms with Crippen LogP contribution in [-0.4, -0.2) is 54.0 Å². The third-order valence-corrected chi connectivity index (χ3v) is 5.02. The standard InChI is InChI=1S/C19H21N3O7/c1-21(19(12-20)6-4-3-5-7-19)16(23)11-29-18(25)14-8-13(17(24)28-2)9-15(10-14)22(26)27/h8-10H,3-7,11H2,1-2H3. The van der Waals surface area contributed by atoms with Gasteiger partial charge in [-0.1, -0.05) is 19.3 Å². The monoisotopic (exact) mass is 403 g/mol. The molecule has 0 aliphatic heterocycles. The number of nitrogens with zero attached hydrogens (tertiary/aromatic N) is 3. The Morgan fingerprint density at radius 3 is 2.28 bits per heavy atom. The van der Waals surface area contributed by atoms with Crippen molar-refractivity contribution in [2.45, 2.75) is 37.6 Å². The first kappa shape index (κ1) is 21.8. The van der Waals surface area contributed by atoms with Gasteiger partial charge in [-0.25, -0.2) is 9.59 Å². The number of ether oxygens (including phenoxy) is 2. The largest absolute Gasteiger partial charge is 0.465 e. The molecule has 0 atom stereocenters. The van der Waals surface area contributed by atoms with Crippen molar-refractivity contribution in [3.05, 3.63) is 39.4 Å². The Balaban J connectivity index is 2.13. The number of nitro benzene ring substituents is 1. The second kappa shape index (κ2) is 9.14. The van der Waals surface area contributed by atoms with Gasteiger partial charge in [0.15, 0.2) is 6.61 Å². The maximum Gasteiger partial charge on any atom is 0.338 e. The molecular formula is C19H21N3O7. The second-order valence-corrected chi connectivity index (χ2v) is 6.75. The van der Waals surface area contributed by atoms with Gasteiger partial charge < -0.3 is 14.4 Å². The molecule has 0 N–H and O–H groups in total. The quantitative estimate of drug-likeness (QED) is 0.400. The Kier molecular flexibility index (Phi) is 6.88. The second-order valence-electron chi connectivity index (χ2n) is 6.75. The number of rotatable bonds is 6. The molecule has 154 valence electrons. The van der Waals surface area contributed by atoms with Crippen molar-refractivity contribution >= 4 is 23.5 Å². The minimum absolute atomic E-state index is 0.192. The van der Waals surface area contributed by atoms with Gasteiger partial charge >= 0.3 is 11.9 Å². The van der Waals surface area contributed by atoms with E-state index in [0.717, 1.165) is 44.6 Å². The van der Waals surface area contributed by atoms with E-state index in [0.29, 0.717) is 12.8 Å². The van der Waals surface area contributed by atoms with E-state index in [2.05, 4.69) is 10.8 Å². The summed E-state index contributed by atoms with van der Waals surface area (Å²) in [6.45, 7) is -0.630. The number of carbonyl (C=O) groups excluding carboxylic acids is 3. The van der Waals surface area contributed by atoms with Crippen LogP contribution in [0.25, 0.3) is 0 Å². The molecule has 0 aromatic heterocycles. The number of methoxy groups -OCH3 is 1. The molecule has 0 saturated heterocycles. The van der Waals surface area contributed by atoms with Gasteiger partial charge in [0.25, 0.3) is 11.6 Å². The van der Waals surface area contributed by atoms with Crippen LogP contribution in [0.15, 0.2) is 18.2 Å². The van der Waals surface area contributed by atoms with E-state index in [1.807, 2.05) is 0 Å². The number of amides is 1. The van der Waals surface area contributed by atoms with Crippen LogP contribution in [0.4, 0.5) is 5.69 Å². The number of benzene rings is 1. The molecular weight excluding hydrogens is 382 g/mol.